The van der Waals surface area contributed by atoms with Gasteiger partial charge in [-0.05, 0) is 98.0 Å². The maximum absolute atomic E-state index is 12.9. The highest BCUT2D eigenvalue weighted by molar-refractivity contribution is 5.89. The lowest BCUT2D eigenvalue weighted by Gasteiger charge is -2.59. The first-order chi connectivity index (χ1) is 19.0. The Hall–Kier alpha value is -1.95. The van der Waals surface area contributed by atoms with Crippen molar-refractivity contribution >= 4 is 11.7 Å². The van der Waals surface area contributed by atoms with Crippen LogP contribution in [0.1, 0.15) is 116 Å². The van der Waals surface area contributed by atoms with E-state index in [1.807, 2.05) is 0 Å². The van der Waals surface area contributed by atoms with E-state index in [1.54, 1.807) is 0 Å². The quantitative estimate of drug-likeness (QED) is 0.140. The SMILES string of the molecule is CC(C)CCC[C@@H](C)[C@H]1CC[C@H]2[C@@H]3C[C@@H]4O[C@@]45C[C@@H](OC(=O)c4ccc([N+](=O)[O-])cc4)CC[C@]5(C)[C@H]3CC[C@]12C. The third kappa shape index (κ3) is 4.42. The van der Waals surface area contributed by atoms with E-state index in [4.69, 9.17) is 9.47 Å². The number of rotatable bonds is 8. The van der Waals surface area contributed by atoms with Gasteiger partial charge in [-0.25, -0.2) is 4.79 Å². The molecular weight excluding hydrogens is 502 g/mol. The number of fused-ring (bicyclic) bond motifs is 4. The molecule has 40 heavy (non-hydrogen) atoms. The van der Waals surface area contributed by atoms with Crippen LogP contribution in [-0.4, -0.2) is 28.7 Å². The first-order valence-corrected chi connectivity index (χ1v) is 16.1. The normalized spacial score (nSPS) is 42.2. The minimum atomic E-state index is -0.453. The van der Waals surface area contributed by atoms with E-state index >= 15 is 0 Å². The van der Waals surface area contributed by atoms with Crippen LogP contribution in [0.25, 0.3) is 0 Å². The minimum Gasteiger partial charge on any atom is -0.459 e. The van der Waals surface area contributed by atoms with E-state index in [0.29, 0.717) is 23.0 Å². The molecule has 1 aromatic carbocycles. The van der Waals surface area contributed by atoms with Crippen LogP contribution in [0.2, 0.25) is 0 Å². The Bertz CT molecular complexity index is 1130. The highest BCUT2D eigenvalue weighted by Crippen LogP contribution is 2.74. The number of epoxide rings is 1. The van der Waals surface area contributed by atoms with Crippen molar-refractivity contribution in [2.45, 2.75) is 123 Å². The second-order valence-corrected chi connectivity index (χ2v) is 15.1. The predicted octanol–water partition coefficient (Wildman–Crippen LogP) is 8.37. The van der Waals surface area contributed by atoms with E-state index < -0.39 is 10.9 Å². The fourth-order valence-corrected chi connectivity index (χ4v) is 10.7. The van der Waals surface area contributed by atoms with Crippen molar-refractivity contribution in [3.05, 3.63) is 39.9 Å². The molecule has 1 spiro atoms. The standard InChI is InChI=1S/C34H49NO5/c1-21(2)7-6-8-22(3)27-13-14-28-26-19-30-34(40-30)20-25(15-18-33(34,5)29(26)16-17-32(27,28)4)39-31(36)23-9-11-24(12-10-23)35(37)38/h9-12,21-22,25-30H,6-8,13-20H2,1-5H3/t22-,25+,26+,27-,28+,29+,30+,32-,33-,34+/m1/s1. The van der Waals surface area contributed by atoms with E-state index in [9.17, 15) is 14.9 Å². The molecule has 0 unspecified atom stereocenters. The molecule has 5 fully saturated rings. The number of benzene rings is 1. The molecule has 10 atom stereocenters. The number of non-ortho nitro benzene ring substituents is 1. The second kappa shape index (κ2) is 10.1. The molecule has 0 aromatic heterocycles. The zero-order valence-electron chi connectivity index (χ0n) is 25.2. The van der Waals surface area contributed by atoms with Gasteiger partial charge in [0.15, 0.2) is 0 Å². The zero-order chi connectivity index (χ0) is 28.4. The lowest BCUT2D eigenvalue weighted by atomic mass is 9.44. The Kier molecular flexibility index (Phi) is 7.12. The maximum atomic E-state index is 12.9. The Morgan fingerprint density at radius 1 is 1.05 bits per heavy atom. The summed E-state index contributed by atoms with van der Waals surface area (Å²) in [4.78, 5) is 23.4. The molecule has 4 aliphatic carbocycles. The van der Waals surface area contributed by atoms with E-state index in [1.165, 1.54) is 75.6 Å². The summed E-state index contributed by atoms with van der Waals surface area (Å²) in [6, 6.07) is 5.72. The minimum absolute atomic E-state index is 0.0207. The summed E-state index contributed by atoms with van der Waals surface area (Å²) in [6.07, 6.45) is 13.6. The van der Waals surface area contributed by atoms with Crippen LogP contribution < -0.4 is 0 Å². The molecule has 4 saturated carbocycles. The topological polar surface area (TPSA) is 82.0 Å². The molecule has 220 valence electrons. The summed E-state index contributed by atoms with van der Waals surface area (Å²) in [7, 11) is 0. The van der Waals surface area contributed by atoms with Crippen molar-refractivity contribution in [1.82, 2.24) is 0 Å². The van der Waals surface area contributed by atoms with E-state index in [0.717, 1.165) is 48.9 Å². The number of nitro groups is 1. The van der Waals surface area contributed by atoms with Gasteiger partial charge in [0.25, 0.3) is 5.69 Å². The Morgan fingerprint density at radius 3 is 2.50 bits per heavy atom. The summed E-state index contributed by atoms with van der Waals surface area (Å²) < 4.78 is 12.7. The summed E-state index contributed by atoms with van der Waals surface area (Å²) in [5.74, 6) is 4.38. The molecule has 0 bridgehead atoms. The van der Waals surface area contributed by atoms with Crippen LogP contribution in [0, 0.1) is 56.5 Å². The molecule has 0 amide bonds. The van der Waals surface area contributed by atoms with Crippen molar-refractivity contribution in [2.24, 2.45) is 46.3 Å². The van der Waals surface area contributed by atoms with Crippen LogP contribution in [0.5, 0.6) is 0 Å². The van der Waals surface area contributed by atoms with Gasteiger partial charge in [-0.3, -0.25) is 10.1 Å². The van der Waals surface area contributed by atoms with Crippen LogP contribution in [0.4, 0.5) is 5.69 Å². The van der Waals surface area contributed by atoms with Gasteiger partial charge in [0.1, 0.15) is 11.7 Å². The van der Waals surface area contributed by atoms with Gasteiger partial charge in [0.2, 0.25) is 0 Å². The van der Waals surface area contributed by atoms with Crippen molar-refractivity contribution in [1.29, 1.82) is 0 Å². The lowest BCUT2D eigenvalue weighted by Crippen LogP contribution is -2.59. The summed E-state index contributed by atoms with van der Waals surface area (Å²) in [5.41, 5.74) is 0.824. The molecule has 6 heteroatoms. The zero-order valence-corrected chi connectivity index (χ0v) is 25.2. The van der Waals surface area contributed by atoms with Gasteiger partial charge < -0.3 is 9.47 Å². The second-order valence-electron chi connectivity index (χ2n) is 15.1. The molecule has 0 radical (unpaired) electrons. The number of esters is 1. The molecule has 6 nitrogen and oxygen atoms in total. The van der Waals surface area contributed by atoms with Crippen molar-refractivity contribution < 1.29 is 19.2 Å². The number of hydrogen-bond donors (Lipinski definition) is 0. The molecule has 1 saturated heterocycles. The van der Waals surface area contributed by atoms with Gasteiger partial charge in [-0.1, -0.05) is 53.9 Å². The average Bonchev–Trinajstić information content (AvgIpc) is 3.49. The Morgan fingerprint density at radius 2 is 1.80 bits per heavy atom. The largest absolute Gasteiger partial charge is 0.459 e. The molecule has 1 heterocycles. The Balaban J connectivity index is 1.12. The van der Waals surface area contributed by atoms with Crippen molar-refractivity contribution in [3.8, 4) is 0 Å². The van der Waals surface area contributed by atoms with Gasteiger partial charge in [-0.15, -0.1) is 0 Å². The number of ether oxygens (including phenoxy) is 2. The van der Waals surface area contributed by atoms with E-state index in [-0.39, 0.29) is 22.8 Å². The fraction of sp³-hybridized carbons (Fsp3) is 0.794. The third-order valence-corrected chi connectivity index (χ3v) is 12.8. The third-order valence-electron chi connectivity index (χ3n) is 12.8. The highest BCUT2D eigenvalue weighted by atomic mass is 16.6. The molecule has 1 aliphatic heterocycles. The van der Waals surface area contributed by atoms with E-state index in [2.05, 4.69) is 34.6 Å². The highest BCUT2D eigenvalue weighted by Gasteiger charge is 2.76. The Labute approximate surface area is 240 Å². The monoisotopic (exact) mass is 551 g/mol. The first-order valence-electron chi connectivity index (χ1n) is 16.1. The fourth-order valence-electron chi connectivity index (χ4n) is 10.7. The number of nitrogens with zero attached hydrogens (tertiary/aromatic N) is 1. The molecule has 6 rings (SSSR count). The summed E-state index contributed by atoms with van der Waals surface area (Å²) >= 11 is 0. The number of hydrogen-bond acceptors (Lipinski definition) is 5. The number of carbonyl (C=O) groups is 1. The molecule has 0 N–H and O–H groups in total. The molecule has 1 aromatic rings. The van der Waals surface area contributed by atoms with Gasteiger partial charge >= 0.3 is 5.97 Å². The average molecular weight is 552 g/mol. The van der Waals surface area contributed by atoms with Crippen LogP contribution in [0.3, 0.4) is 0 Å². The predicted molar refractivity (Wildman–Crippen MR) is 155 cm³/mol. The molecular formula is C34H49NO5. The van der Waals surface area contributed by atoms with Crippen LogP contribution >= 0.6 is 0 Å². The van der Waals surface area contributed by atoms with Crippen LogP contribution in [-0.2, 0) is 9.47 Å². The van der Waals surface area contributed by atoms with Crippen molar-refractivity contribution in [3.63, 3.8) is 0 Å². The first kappa shape index (κ1) is 28.2. The van der Waals surface area contributed by atoms with Crippen molar-refractivity contribution in [2.75, 3.05) is 0 Å². The van der Waals surface area contributed by atoms with Gasteiger partial charge in [0.05, 0.1) is 16.6 Å². The number of nitro benzene ring substituents is 1. The summed E-state index contributed by atoms with van der Waals surface area (Å²) in [6.45, 7) is 12.4. The smallest absolute Gasteiger partial charge is 0.338 e. The number of carbonyl (C=O) groups excluding carboxylic acids is 1. The maximum Gasteiger partial charge on any atom is 0.338 e. The lowest BCUT2D eigenvalue weighted by molar-refractivity contribution is -0.384. The summed E-state index contributed by atoms with van der Waals surface area (Å²) in [5, 5.41) is 11.0. The van der Waals surface area contributed by atoms with Crippen LogP contribution in [0.15, 0.2) is 24.3 Å². The molecule has 5 aliphatic rings. The van der Waals surface area contributed by atoms with Gasteiger partial charge in [0, 0.05) is 24.0 Å². The van der Waals surface area contributed by atoms with Gasteiger partial charge in [-0.2, -0.15) is 0 Å².